The summed E-state index contributed by atoms with van der Waals surface area (Å²) in [7, 11) is -4.38. The van der Waals surface area contributed by atoms with Crippen LogP contribution in [0.15, 0.2) is 54.4 Å². The molecule has 1 aliphatic rings. The topological polar surface area (TPSA) is 96.3 Å². The Morgan fingerprint density at radius 1 is 1.12 bits per heavy atom. The van der Waals surface area contributed by atoms with Crippen molar-refractivity contribution in [2.24, 2.45) is 0 Å². The highest BCUT2D eigenvalue weighted by Crippen LogP contribution is 2.44. The van der Waals surface area contributed by atoms with Crippen molar-refractivity contribution in [1.29, 1.82) is 5.26 Å². The second kappa shape index (κ2) is 13.0. The number of rotatable bonds is 12. The number of nitrogens with zero attached hydrogens (tertiary/aromatic N) is 5. The number of unbranched alkanes of at least 4 members (excludes halogenated alkanes) is 1. The van der Waals surface area contributed by atoms with E-state index in [4.69, 9.17) is 11.6 Å². The average molecular weight is 640 g/mol. The minimum Gasteiger partial charge on any atom is -0.748 e. The highest BCUT2D eigenvalue weighted by atomic mass is 35.5. The van der Waals surface area contributed by atoms with E-state index in [0.29, 0.717) is 60.1 Å². The van der Waals surface area contributed by atoms with Crippen molar-refractivity contribution in [1.82, 2.24) is 4.57 Å². The maximum Gasteiger partial charge on any atom is 0.344 e. The predicted molar refractivity (Wildman–Crippen MR) is 156 cm³/mol. The summed E-state index contributed by atoms with van der Waals surface area (Å²) in [4.78, 5) is 3.79. The molecule has 0 saturated carbocycles. The van der Waals surface area contributed by atoms with E-state index in [1.807, 2.05) is 23.6 Å². The standard InChI is InChI=1S/C29H30ClF4N5O3S/c1-3-36-22-10-5-6-11-23(22)39(19-29(33,34)28(31)32)27(36)13-9-12-26-37(4-2)25-17-21(30)20(18-35)16-24(25)38(26)14-7-8-15-43(40,41)42/h5-6,9-13,16-17,28H,3-4,7-8,14-15,19H2,1-2H3. The van der Waals surface area contributed by atoms with E-state index in [1.54, 1.807) is 59.2 Å². The van der Waals surface area contributed by atoms with E-state index >= 15 is 0 Å². The number of aryl methyl sites for hydroxylation is 1. The van der Waals surface area contributed by atoms with Crippen LogP contribution in [-0.2, 0) is 23.2 Å². The lowest BCUT2D eigenvalue weighted by atomic mass is 10.1. The van der Waals surface area contributed by atoms with Gasteiger partial charge in [0.1, 0.15) is 11.9 Å². The first kappa shape index (κ1) is 32.3. The highest BCUT2D eigenvalue weighted by Gasteiger charge is 2.45. The van der Waals surface area contributed by atoms with Crippen molar-refractivity contribution in [3.05, 3.63) is 70.8 Å². The Kier molecular flexibility index (Phi) is 9.73. The van der Waals surface area contributed by atoms with Gasteiger partial charge in [-0.1, -0.05) is 29.8 Å². The number of benzene rings is 2. The summed E-state index contributed by atoms with van der Waals surface area (Å²) in [6.07, 6.45) is 1.56. The van der Waals surface area contributed by atoms with Gasteiger partial charge < -0.3 is 14.4 Å². The fraction of sp³-hybridized carbons (Fsp3) is 0.379. The quantitative estimate of drug-likeness (QED) is 0.106. The lowest BCUT2D eigenvalue weighted by Gasteiger charge is -2.24. The number of hydrogen-bond acceptors (Lipinski definition) is 6. The van der Waals surface area contributed by atoms with Crippen LogP contribution in [0.1, 0.15) is 38.1 Å². The number of allylic oxidation sites excluding steroid dienone is 2. The van der Waals surface area contributed by atoms with Gasteiger partial charge in [0.25, 0.3) is 5.82 Å². The van der Waals surface area contributed by atoms with Crippen molar-refractivity contribution in [2.75, 3.05) is 28.6 Å². The number of aromatic nitrogens is 2. The van der Waals surface area contributed by atoms with Crippen molar-refractivity contribution in [3.63, 3.8) is 0 Å². The van der Waals surface area contributed by atoms with E-state index < -0.39 is 34.8 Å². The fourth-order valence-corrected chi connectivity index (χ4v) is 6.01. The van der Waals surface area contributed by atoms with Gasteiger partial charge in [0.15, 0.2) is 17.6 Å². The summed E-state index contributed by atoms with van der Waals surface area (Å²) in [5.74, 6) is -3.85. The van der Waals surface area contributed by atoms with Gasteiger partial charge >= 0.3 is 12.3 Å². The number of fused-ring (bicyclic) bond motifs is 2. The molecule has 4 rings (SSSR count). The first-order chi connectivity index (χ1) is 20.3. The zero-order chi connectivity index (χ0) is 31.5. The van der Waals surface area contributed by atoms with E-state index in [1.165, 1.54) is 4.57 Å². The number of para-hydroxylation sites is 2. The summed E-state index contributed by atoms with van der Waals surface area (Å²) in [5, 5.41) is 9.80. The second-order valence-corrected chi connectivity index (χ2v) is 11.9. The molecule has 3 aromatic rings. The van der Waals surface area contributed by atoms with Crippen LogP contribution in [0.5, 0.6) is 0 Å². The van der Waals surface area contributed by atoms with Crippen LogP contribution in [0.3, 0.4) is 0 Å². The maximum absolute atomic E-state index is 14.3. The van der Waals surface area contributed by atoms with Crippen molar-refractivity contribution in [3.8, 4) is 6.07 Å². The van der Waals surface area contributed by atoms with E-state index in [0.717, 1.165) is 0 Å². The average Bonchev–Trinajstić information content (AvgIpc) is 3.40. The Morgan fingerprint density at radius 2 is 1.81 bits per heavy atom. The SMILES string of the molecule is CCN1C(=CC=Cc2n(CC)c3ccccc3[n+]2CC(F)(F)C(F)F)N(CCCCS(=O)(=O)[O-])c2cc(C#N)c(Cl)cc21. The van der Waals surface area contributed by atoms with Crippen LogP contribution < -0.4 is 14.4 Å². The largest absolute Gasteiger partial charge is 0.748 e. The number of alkyl halides is 4. The van der Waals surface area contributed by atoms with Crippen LogP contribution in [0.4, 0.5) is 28.9 Å². The third kappa shape index (κ3) is 6.82. The number of hydrogen-bond donors (Lipinski definition) is 0. The summed E-state index contributed by atoms with van der Waals surface area (Å²) < 4.78 is 91.3. The molecule has 230 valence electrons. The van der Waals surface area contributed by atoms with Crippen LogP contribution >= 0.6 is 11.6 Å². The molecular formula is C29H30ClF4N5O3S. The normalized spacial score (nSPS) is 14.9. The zero-order valence-electron chi connectivity index (χ0n) is 23.5. The third-order valence-electron chi connectivity index (χ3n) is 7.17. The molecule has 43 heavy (non-hydrogen) atoms. The molecule has 0 atom stereocenters. The van der Waals surface area contributed by atoms with Gasteiger partial charge in [-0.25, -0.2) is 26.3 Å². The van der Waals surface area contributed by atoms with E-state index in [-0.39, 0.29) is 17.0 Å². The molecule has 0 N–H and O–H groups in total. The minimum atomic E-state index is -4.38. The molecule has 0 radical (unpaired) electrons. The Labute approximate surface area is 252 Å². The van der Waals surface area contributed by atoms with Gasteiger partial charge in [-0.15, -0.1) is 0 Å². The fourth-order valence-electron chi connectivity index (χ4n) is 5.25. The van der Waals surface area contributed by atoms with Crippen LogP contribution in [0.25, 0.3) is 17.1 Å². The molecule has 0 saturated heterocycles. The molecule has 1 aromatic heterocycles. The Morgan fingerprint density at radius 3 is 2.44 bits per heavy atom. The molecule has 8 nitrogen and oxygen atoms in total. The molecule has 0 aliphatic carbocycles. The number of imidazole rings is 1. The maximum atomic E-state index is 14.3. The number of halogens is 5. The Balaban J connectivity index is 1.79. The smallest absolute Gasteiger partial charge is 0.344 e. The lowest BCUT2D eigenvalue weighted by molar-refractivity contribution is -0.693. The highest BCUT2D eigenvalue weighted by molar-refractivity contribution is 7.85. The van der Waals surface area contributed by atoms with Crippen molar-refractivity contribution < 1.29 is 35.1 Å². The van der Waals surface area contributed by atoms with Gasteiger partial charge in [0.2, 0.25) is 0 Å². The van der Waals surface area contributed by atoms with Gasteiger partial charge in [-0.05, 0) is 57.0 Å². The number of anilines is 2. The molecule has 0 bridgehead atoms. The van der Waals surface area contributed by atoms with Crippen molar-refractivity contribution in [2.45, 2.75) is 52.1 Å². The van der Waals surface area contributed by atoms with E-state index in [9.17, 15) is 35.8 Å². The first-order valence-electron chi connectivity index (χ1n) is 13.6. The van der Waals surface area contributed by atoms with Crippen LogP contribution in [0.2, 0.25) is 5.02 Å². The molecule has 14 heteroatoms. The molecule has 0 amide bonds. The van der Waals surface area contributed by atoms with Crippen LogP contribution in [0, 0.1) is 11.3 Å². The van der Waals surface area contributed by atoms with Crippen molar-refractivity contribution >= 4 is 50.2 Å². The monoisotopic (exact) mass is 639 g/mol. The molecule has 2 heterocycles. The first-order valence-corrected chi connectivity index (χ1v) is 15.6. The third-order valence-corrected chi connectivity index (χ3v) is 8.27. The second-order valence-electron chi connectivity index (χ2n) is 9.92. The molecule has 0 unspecified atom stereocenters. The van der Waals surface area contributed by atoms with Crippen LogP contribution in [-0.4, -0.2) is 48.7 Å². The lowest BCUT2D eigenvalue weighted by Crippen LogP contribution is -2.48. The summed E-state index contributed by atoms with van der Waals surface area (Å²) in [6.45, 7) is 3.68. The summed E-state index contributed by atoms with van der Waals surface area (Å²) >= 11 is 6.33. The summed E-state index contributed by atoms with van der Waals surface area (Å²) in [6, 6.07) is 12.1. The van der Waals surface area contributed by atoms with Gasteiger partial charge in [0.05, 0.1) is 38.6 Å². The van der Waals surface area contributed by atoms with Gasteiger partial charge in [-0.3, -0.25) is 0 Å². The van der Waals surface area contributed by atoms with Gasteiger partial charge in [-0.2, -0.15) is 14.0 Å². The number of nitriles is 1. The summed E-state index contributed by atoms with van der Waals surface area (Å²) in [5.41, 5.74) is 2.60. The Hall–Kier alpha value is -3.60. The molecule has 0 fully saturated rings. The predicted octanol–water partition coefficient (Wildman–Crippen LogP) is 5.90. The van der Waals surface area contributed by atoms with Gasteiger partial charge in [0, 0.05) is 24.9 Å². The molecule has 0 spiro atoms. The molecule has 2 aromatic carbocycles. The zero-order valence-corrected chi connectivity index (χ0v) is 25.1. The molecule has 1 aliphatic heterocycles. The molecular weight excluding hydrogens is 610 g/mol. The minimum absolute atomic E-state index is 0.126. The van der Waals surface area contributed by atoms with E-state index in [2.05, 4.69) is 6.07 Å². The Bertz CT molecular complexity index is 1720.